The quantitative estimate of drug-likeness (QED) is 0.120. The van der Waals surface area contributed by atoms with E-state index >= 15 is 0 Å². The van der Waals surface area contributed by atoms with Crippen LogP contribution in [0.25, 0.3) is 151 Å². The van der Waals surface area contributed by atoms with Crippen LogP contribution in [0.4, 0.5) is 0 Å². The number of hydrogen-bond donors (Lipinski definition) is 0. The molecule has 16 heteroatoms. The minimum atomic E-state index is -0.492. The van der Waals surface area contributed by atoms with Crippen LogP contribution in [0.1, 0.15) is 13.8 Å². The third kappa shape index (κ3) is 10.4. The molecular weight excluding hydrogens is 1380 g/mol. The molecule has 0 aliphatic heterocycles. The van der Waals surface area contributed by atoms with E-state index in [0.717, 1.165) is 108 Å². The summed E-state index contributed by atoms with van der Waals surface area (Å²) in [5.41, 5.74) is -2.90. The molecule has 0 saturated heterocycles. The molecule has 12 nitrogen and oxygen atoms in total. The van der Waals surface area contributed by atoms with E-state index in [2.05, 4.69) is 82.8 Å². The van der Waals surface area contributed by atoms with Gasteiger partial charge in [-0.2, -0.15) is 0 Å². The molecule has 12 aromatic carbocycles. The summed E-state index contributed by atoms with van der Waals surface area (Å²) in [4.78, 5) is 106. The smallest absolute Gasteiger partial charge is 0.261 e. The van der Waals surface area contributed by atoms with Crippen LogP contribution in [-0.2, 0) is 144 Å². The van der Waals surface area contributed by atoms with Crippen molar-refractivity contribution in [2.75, 3.05) is 0 Å². The van der Waals surface area contributed by atoms with Gasteiger partial charge in [-0.3, -0.25) is 28.3 Å². The summed E-state index contributed by atoms with van der Waals surface area (Å²) < 4.78 is 2.56. The molecule has 0 aliphatic carbocycles. The number of hydrogen-bond acceptors (Lipinski definition) is 8. The molecule has 0 unspecified atom stereocenters. The van der Waals surface area contributed by atoms with E-state index in [1.54, 1.807) is 31.2 Å². The molecule has 0 aliphatic rings. The zero-order valence-corrected chi connectivity index (χ0v) is 58.3. The summed E-state index contributed by atoms with van der Waals surface area (Å²) in [6.07, 6.45) is 0. The van der Waals surface area contributed by atoms with Gasteiger partial charge in [0.15, 0.2) is 0 Å². The van der Waals surface area contributed by atoms with Gasteiger partial charge in [0.1, 0.15) is 0 Å². The maximum Gasteiger partial charge on any atom is 0.261 e. The fourth-order valence-corrected chi connectivity index (χ4v) is 12.1. The minimum Gasteiger partial charge on any atom is -0.587 e. The van der Waals surface area contributed by atoms with Gasteiger partial charge < -0.3 is 44.0 Å². The summed E-state index contributed by atoms with van der Waals surface area (Å²) in [5, 5.41) is 22.8. The normalized spacial score (nSPS) is 11.3. The van der Waals surface area contributed by atoms with Crippen molar-refractivity contribution in [3.8, 4) is 0 Å². The Morgan fingerprint density at radius 1 is 0.233 bits per heavy atom. The zero-order chi connectivity index (χ0) is 54.6. The van der Waals surface area contributed by atoms with E-state index in [4.69, 9.17) is 0 Å². The summed E-state index contributed by atoms with van der Waals surface area (Å²) in [6.45, 7) is 4.30. The van der Waals surface area contributed by atoms with Gasteiger partial charge in [0.05, 0.1) is 43.8 Å². The zero-order valence-electron chi connectivity index (χ0n) is 46.9. The second kappa shape index (κ2) is 24.3. The van der Waals surface area contributed by atoms with E-state index in [-0.39, 0.29) is 168 Å². The molecule has 0 spiro atoms. The largest absolute Gasteiger partial charge is 0.587 e. The number of fused-ring (bicyclic) bond motifs is 14. The third-order valence-electron chi connectivity index (χ3n) is 16.3. The van der Waals surface area contributed by atoms with Gasteiger partial charge >= 0.3 is 0 Å². The molecule has 0 atom stereocenters. The second-order valence-electron chi connectivity index (χ2n) is 20.8. The second-order valence-corrected chi connectivity index (χ2v) is 20.8. The van der Waals surface area contributed by atoms with Crippen molar-refractivity contribution in [2.24, 2.45) is 0 Å². The Labute approximate surface area is 587 Å². The maximum absolute atomic E-state index is 12.8. The van der Waals surface area contributed by atoms with Crippen LogP contribution in [0.3, 0.4) is 0 Å². The SMILES string of the molecule is CCn1c(=O)c2cc3cc4cc5ccc6cc7cc8cc9c(=O)[n-]c(=O)c9cc8cc7cc6ccc5cc4cc3cc2c1=O.CCn1c(=O)c2cc3cc4ccc5cc6cc7c(=O)[n-]c(=O)c7cc6cc5ccc4cc3cc2c1=O.[CH3-].[CH3-].[Y].[Y].[Y].[Y]. The number of nitrogens with zero attached hydrogens (tertiary/aromatic N) is 4. The number of aromatic nitrogens is 4. The van der Waals surface area contributed by atoms with Crippen molar-refractivity contribution in [1.82, 2.24) is 19.1 Å². The van der Waals surface area contributed by atoms with Crippen LogP contribution in [-0.4, -0.2) is 9.13 Å². The molecule has 0 amide bonds. The molecule has 16 aromatic rings. The van der Waals surface area contributed by atoms with Crippen molar-refractivity contribution < 1.29 is 131 Å². The van der Waals surface area contributed by atoms with Crippen molar-refractivity contribution in [3.63, 3.8) is 0 Å². The van der Waals surface area contributed by atoms with Crippen molar-refractivity contribution in [2.45, 2.75) is 26.9 Å². The van der Waals surface area contributed by atoms with E-state index in [1.807, 2.05) is 79.7 Å². The van der Waals surface area contributed by atoms with E-state index in [9.17, 15) is 38.4 Å². The van der Waals surface area contributed by atoms with Crippen LogP contribution >= 0.6 is 0 Å². The molecule has 4 heterocycles. The molecule has 4 radical (unpaired) electrons. The maximum atomic E-state index is 12.8. The molecule has 0 fully saturated rings. The van der Waals surface area contributed by atoms with Crippen LogP contribution in [0.15, 0.2) is 208 Å². The Hall–Kier alpha value is -6.30. The van der Waals surface area contributed by atoms with Gasteiger partial charge in [0.2, 0.25) is 0 Å². The molecule has 86 heavy (non-hydrogen) atoms. The first-order valence-corrected chi connectivity index (χ1v) is 26.2. The first-order chi connectivity index (χ1) is 38.7. The average molecular weight is 1420 g/mol. The first-order valence-electron chi connectivity index (χ1n) is 26.2. The number of rotatable bonds is 2. The standard InChI is InChI=1S/C38H22N2O4.C30H18N2O4.2CH3.4Y/c1-2-40-37(43)33-17-29-13-25-9-21-5-3-19-7-23-11-27-15-31-32(36(42)39-35(31)41)16-28(27)12-24(23)8-20(19)4-6-22(21)10-26(25)14-30(29)18-34(33)38(40)44;1-2-32-29(35)25-13-21-9-17-5-3-15-7-19-11-23-24(28(34)31-27(23)33)12-20(19)8-16(15)4-6-18(17)10-22(21)14-26(25)30(32)36;;;;;;/h3-18H,2H2,1H3,(H,39,41,42);3-14H,2H2,1H3,(H,31,33,34);2*1H3;;;;/q;;2*-1;;;;/p-2. The third-order valence-corrected chi connectivity index (χ3v) is 16.3. The average Bonchev–Trinajstić information content (AvgIpc) is 3.57. The van der Waals surface area contributed by atoms with Gasteiger partial charge in [0.25, 0.3) is 22.2 Å². The van der Waals surface area contributed by atoms with Crippen molar-refractivity contribution in [1.29, 1.82) is 0 Å². The van der Waals surface area contributed by atoms with Gasteiger partial charge in [-0.15, -0.1) is 0 Å². The fourth-order valence-electron chi connectivity index (χ4n) is 12.1. The van der Waals surface area contributed by atoms with Crippen molar-refractivity contribution in [3.05, 3.63) is 268 Å². The Bertz CT molecular complexity index is 5750. The van der Waals surface area contributed by atoms with E-state index in [1.165, 1.54) is 9.13 Å². The molecule has 408 valence electrons. The topological polar surface area (TPSA) is 175 Å². The van der Waals surface area contributed by atoms with E-state index < -0.39 is 22.2 Å². The van der Waals surface area contributed by atoms with Gasteiger partial charge in [0, 0.05) is 165 Å². The predicted molar refractivity (Wildman–Crippen MR) is 337 cm³/mol. The summed E-state index contributed by atoms with van der Waals surface area (Å²) >= 11 is 0. The summed E-state index contributed by atoms with van der Waals surface area (Å²) in [5.74, 6) is 0. The molecular formula is C70H44N4O8Y4-4. The first kappa shape index (κ1) is 64.2. The minimum absolute atomic E-state index is 0. The Balaban J connectivity index is 0.000000195. The monoisotopic (exact) mass is 1420 g/mol. The van der Waals surface area contributed by atoms with Crippen LogP contribution < -0.4 is 54.4 Å². The molecule has 0 bridgehead atoms. The van der Waals surface area contributed by atoms with Crippen LogP contribution in [0, 0.1) is 14.9 Å². The molecule has 0 N–H and O–H groups in total. The predicted octanol–water partition coefficient (Wildman–Crippen LogP) is 11.7. The molecule has 4 aromatic heterocycles. The fraction of sp³-hybridized carbons (Fsp3) is 0.0571. The van der Waals surface area contributed by atoms with Crippen molar-refractivity contribution >= 4 is 151 Å². The molecule has 16 rings (SSSR count). The van der Waals surface area contributed by atoms with E-state index in [0.29, 0.717) is 56.2 Å². The van der Waals surface area contributed by atoms with Gasteiger partial charge in [-0.25, -0.2) is 0 Å². The molecule has 0 saturated carbocycles. The number of benzene rings is 10. The Kier molecular flexibility index (Phi) is 18.2. The Morgan fingerprint density at radius 2 is 0.372 bits per heavy atom. The summed E-state index contributed by atoms with van der Waals surface area (Å²) in [7, 11) is 0. The van der Waals surface area contributed by atoms with Crippen LogP contribution in [0.2, 0.25) is 0 Å². The summed E-state index contributed by atoms with van der Waals surface area (Å²) in [6, 6.07) is 55.8. The Morgan fingerprint density at radius 3 is 0.535 bits per heavy atom. The van der Waals surface area contributed by atoms with Gasteiger partial charge in [-0.1, -0.05) is 48.5 Å². The van der Waals surface area contributed by atoms with Gasteiger partial charge in [-0.05, 0) is 243 Å². The van der Waals surface area contributed by atoms with Crippen LogP contribution in [0.5, 0.6) is 0 Å².